The van der Waals surface area contributed by atoms with Crippen molar-refractivity contribution in [3.8, 4) is 22.5 Å². The standard InChI is InChI=1S/C25H30N4O2/c1-2-7-19-10-12-21(13-11-19)23-15-14-22(20-8-4-3-5-9-20)29(23)18-24(31)28-25(26)27-16-6-17-30/h3-5,8-15,30H,2,6-7,16-18H2,1H3,(H3,26,27,28,31). The SMILES string of the molecule is CCCc1ccc(-c2ccc(-c3ccccc3)n2CC(=O)NC(=N)NCCCO)cc1. The molecule has 0 aliphatic carbocycles. The first-order valence-electron chi connectivity index (χ1n) is 10.7. The van der Waals surface area contributed by atoms with Crippen molar-refractivity contribution >= 4 is 11.9 Å². The third-order valence-electron chi connectivity index (χ3n) is 5.04. The van der Waals surface area contributed by atoms with Crippen LogP contribution in [-0.4, -0.2) is 34.7 Å². The van der Waals surface area contributed by atoms with Crippen molar-refractivity contribution in [3.63, 3.8) is 0 Å². The molecule has 4 N–H and O–H groups in total. The summed E-state index contributed by atoms with van der Waals surface area (Å²) in [6.45, 7) is 2.73. The number of carbonyl (C=O) groups excluding carboxylic acids is 1. The highest BCUT2D eigenvalue weighted by Gasteiger charge is 2.15. The molecule has 0 fully saturated rings. The molecule has 1 aromatic heterocycles. The zero-order chi connectivity index (χ0) is 22.1. The quantitative estimate of drug-likeness (QED) is 0.242. The van der Waals surface area contributed by atoms with Crippen molar-refractivity contribution in [2.45, 2.75) is 32.7 Å². The fourth-order valence-corrected chi connectivity index (χ4v) is 3.54. The van der Waals surface area contributed by atoms with Crippen molar-refractivity contribution in [1.29, 1.82) is 5.41 Å². The zero-order valence-electron chi connectivity index (χ0n) is 17.9. The molecule has 0 spiro atoms. The number of hydrogen-bond acceptors (Lipinski definition) is 3. The van der Waals surface area contributed by atoms with E-state index in [0.717, 1.165) is 35.4 Å². The molecular formula is C25H30N4O2. The maximum Gasteiger partial charge on any atom is 0.246 e. The van der Waals surface area contributed by atoms with Crippen LogP contribution in [0.15, 0.2) is 66.7 Å². The Kier molecular flexibility index (Phi) is 8.01. The van der Waals surface area contributed by atoms with Gasteiger partial charge in [-0.2, -0.15) is 0 Å². The van der Waals surface area contributed by atoms with Gasteiger partial charge in [0.1, 0.15) is 6.54 Å². The van der Waals surface area contributed by atoms with Gasteiger partial charge in [0.2, 0.25) is 5.91 Å². The Balaban J connectivity index is 1.86. The number of aromatic nitrogens is 1. The smallest absolute Gasteiger partial charge is 0.246 e. The molecule has 6 heteroatoms. The average Bonchev–Trinajstić information content (AvgIpc) is 3.18. The van der Waals surface area contributed by atoms with Crippen molar-refractivity contribution in [2.24, 2.45) is 0 Å². The molecule has 0 aliphatic rings. The van der Waals surface area contributed by atoms with Crippen molar-refractivity contribution in [1.82, 2.24) is 15.2 Å². The summed E-state index contributed by atoms with van der Waals surface area (Å²) in [7, 11) is 0. The van der Waals surface area contributed by atoms with Crippen LogP contribution in [0.25, 0.3) is 22.5 Å². The van der Waals surface area contributed by atoms with Gasteiger partial charge in [0.25, 0.3) is 0 Å². The minimum absolute atomic E-state index is 0.0401. The molecule has 31 heavy (non-hydrogen) atoms. The predicted molar refractivity (Wildman–Crippen MR) is 125 cm³/mol. The maximum atomic E-state index is 12.7. The first-order chi connectivity index (χ1) is 15.1. The Morgan fingerprint density at radius 2 is 1.61 bits per heavy atom. The van der Waals surface area contributed by atoms with Crippen LogP contribution >= 0.6 is 0 Å². The molecule has 2 aromatic carbocycles. The molecule has 0 radical (unpaired) electrons. The lowest BCUT2D eigenvalue weighted by atomic mass is 10.1. The summed E-state index contributed by atoms with van der Waals surface area (Å²) in [5, 5.41) is 22.1. The largest absolute Gasteiger partial charge is 0.396 e. The number of guanidine groups is 1. The Morgan fingerprint density at radius 3 is 2.23 bits per heavy atom. The number of carbonyl (C=O) groups is 1. The fourth-order valence-electron chi connectivity index (χ4n) is 3.54. The van der Waals surface area contributed by atoms with Gasteiger partial charge < -0.3 is 15.0 Å². The summed E-state index contributed by atoms with van der Waals surface area (Å²) < 4.78 is 1.99. The summed E-state index contributed by atoms with van der Waals surface area (Å²) in [6.07, 6.45) is 2.67. The molecule has 0 unspecified atom stereocenters. The van der Waals surface area contributed by atoms with E-state index in [1.807, 2.05) is 47.0 Å². The van der Waals surface area contributed by atoms with Crippen molar-refractivity contribution < 1.29 is 9.90 Å². The van der Waals surface area contributed by atoms with Crippen LogP contribution in [0.4, 0.5) is 0 Å². The molecule has 0 aliphatic heterocycles. The molecule has 0 saturated heterocycles. The van der Waals surface area contributed by atoms with Gasteiger partial charge in [0.05, 0.1) is 0 Å². The van der Waals surface area contributed by atoms with Crippen LogP contribution in [0.1, 0.15) is 25.3 Å². The van der Waals surface area contributed by atoms with E-state index in [1.165, 1.54) is 5.56 Å². The Morgan fingerprint density at radius 1 is 0.968 bits per heavy atom. The first-order valence-corrected chi connectivity index (χ1v) is 10.7. The molecule has 3 aromatic rings. The van der Waals surface area contributed by atoms with Crippen LogP contribution < -0.4 is 10.6 Å². The van der Waals surface area contributed by atoms with Crippen molar-refractivity contribution in [3.05, 3.63) is 72.3 Å². The number of aliphatic hydroxyl groups excluding tert-OH is 1. The summed E-state index contributed by atoms with van der Waals surface area (Å²) in [4.78, 5) is 12.7. The van der Waals surface area contributed by atoms with E-state index in [-0.39, 0.29) is 25.0 Å². The van der Waals surface area contributed by atoms with Gasteiger partial charge in [-0.25, -0.2) is 0 Å². The van der Waals surface area contributed by atoms with E-state index in [1.54, 1.807) is 0 Å². The average molecular weight is 419 g/mol. The highest BCUT2D eigenvalue weighted by Crippen LogP contribution is 2.29. The monoisotopic (exact) mass is 418 g/mol. The van der Waals surface area contributed by atoms with Gasteiger partial charge in [0, 0.05) is 24.5 Å². The van der Waals surface area contributed by atoms with Gasteiger partial charge in [-0.15, -0.1) is 0 Å². The number of rotatable bonds is 9. The van der Waals surface area contributed by atoms with Gasteiger partial charge in [-0.05, 0) is 41.7 Å². The lowest BCUT2D eigenvalue weighted by Crippen LogP contribution is -2.42. The van der Waals surface area contributed by atoms with Crippen LogP contribution in [0, 0.1) is 5.41 Å². The molecule has 0 saturated carbocycles. The Bertz CT molecular complexity index is 994. The summed E-state index contributed by atoms with van der Waals surface area (Å²) in [5.41, 5.74) is 5.28. The lowest BCUT2D eigenvalue weighted by molar-refractivity contribution is -0.120. The van der Waals surface area contributed by atoms with E-state index in [4.69, 9.17) is 10.5 Å². The minimum Gasteiger partial charge on any atom is -0.396 e. The van der Waals surface area contributed by atoms with Crippen molar-refractivity contribution in [2.75, 3.05) is 13.2 Å². The van der Waals surface area contributed by atoms with E-state index < -0.39 is 0 Å². The number of nitrogens with zero attached hydrogens (tertiary/aromatic N) is 1. The van der Waals surface area contributed by atoms with Crippen LogP contribution in [0.3, 0.4) is 0 Å². The van der Waals surface area contributed by atoms with Crippen LogP contribution in [0.2, 0.25) is 0 Å². The second-order valence-corrected chi connectivity index (χ2v) is 7.43. The highest BCUT2D eigenvalue weighted by atomic mass is 16.3. The third kappa shape index (κ3) is 6.06. The molecule has 3 rings (SSSR count). The normalized spacial score (nSPS) is 10.6. The zero-order valence-corrected chi connectivity index (χ0v) is 17.9. The topological polar surface area (TPSA) is 90.1 Å². The maximum absolute atomic E-state index is 12.7. The Hall–Kier alpha value is -3.38. The minimum atomic E-state index is -0.279. The third-order valence-corrected chi connectivity index (χ3v) is 5.04. The number of aryl methyl sites for hydroxylation is 1. The van der Waals surface area contributed by atoms with Crippen LogP contribution in [-0.2, 0) is 17.8 Å². The molecule has 0 atom stereocenters. The highest BCUT2D eigenvalue weighted by molar-refractivity contribution is 5.95. The summed E-state index contributed by atoms with van der Waals surface area (Å²) >= 11 is 0. The molecular weight excluding hydrogens is 388 g/mol. The molecule has 162 valence electrons. The van der Waals surface area contributed by atoms with Crippen LogP contribution in [0.5, 0.6) is 0 Å². The molecule has 6 nitrogen and oxygen atoms in total. The molecule has 0 bridgehead atoms. The summed E-state index contributed by atoms with van der Waals surface area (Å²) in [5.74, 6) is -0.337. The second-order valence-electron chi connectivity index (χ2n) is 7.43. The number of hydrogen-bond donors (Lipinski definition) is 4. The van der Waals surface area contributed by atoms with E-state index in [9.17, 15) is 4.79 Å². The van der Waals surface area contributed by atoms with Gasteiger partial charge in [-0.1, -0.05) is 67.9 Å². The van der Waals surface area contributed by atoms with E-state index in [2.05, 4.69) is 41.8 Å². The van der Waals surface area contributed by atoms with Gasteiger partial charge in [-0.3, -0.25) is 15.5 Å². The number of benzene rings is 2. The van der Waals surface area contributed by atoms with E-state index in [0.29, 0.717) is 13.0 Å². The number of nitrogens with one attached hydrogen (secondary N) is 3. The van der Waals surface area contributed by atoms with E-state index >= 15 is 0 Å². The molecule has 1 heterocycles. The first kappa shape index (κ1) is 22.3. The number of aliphatic hydroxyl groups is 1. The summed E-state index contributed by atoms with van der Waals surface area (Å²) in [6, 6.07) is 22.5. The lowest BCUT2D eigenvalue weighted by Gasteiger charge is -2.15. The number of amides is 1. The fraction of sp³-hybridized carbons (Fsp3) is 0.280. The molecule has 1 amide bonds. The van der Waals surface area contributed by atoms with Gasteiger partial charge >= 0.3 is 0 Å². The van der Waals surface area contributed by atoms with Gasteiger partial charge in [0.15, 0.2) is 5.96 Å². The predicted octanol–water partition coefficient (Wildman–Crippen LogP) is 3.80. The second kappa shape index (κ2) is 11.1. The Labute approximate surface area is 183 Å².